The number of rotatable bonds is 5. The maximum absolute atomic E-state index is 12.5. The van der Waals surface area contributed by atoms with Crippen LogP contribution >= 0.6 is 0 Å². The van der Waals surface area contributed by atoms with E-state index >= 15 is 0 Å². The van der Waals surface area contributed by atoms with Crippen molar-refractivity contribution in [2.45, 2.75) is 32.2 Å². The molecule has 1 aromatic carbocycles. The molecule has 7 heteroatoms. The van der Waals surface area contributed by atoms with Crippen molar-refractivity contribution < 1.29 is 8.42 Å². The van der Waals surface area contributed by atoms with Crippen molar-refractivity contribution >= 4 is 15.8 Å². The monoisotopic (exact) mass is 334 g/mol. The van der Waals surface area contributed by atoms with Gasteiger partial charge < -0.3 is 4.90 Å². The summed E-state index contributed by atoms with van der Waals surface area (Å²) in [4.78, 5) is 10.8. The molecule has 1 N–H and O–H groups in total. The van der Waals surface area contributed by atoms with Crippen LogP contribution in [-0.2, 0) is 16.6 Å². The zero-order valence-corrected chi connectivity index (χ0v) is 14.9. The van der Waals surface area contributed by atoms with Crippen LogP contribution in [0.15, 0.2) is 29.2 Å². The molecule has 0 aliphatic rings. The van der Waals surface area contributed by atoms with E-state index in [-0.39, 0.29) is 11.4 Å². The smallest absolute Gasteiger partial charge is 0.241 e. The Kier molecular flexibility index (Phi) is 5.01. The SMILES string of the molecule is Cc1ccc(S(=O)(=O)NCc2nc(C)cc(N(C)C)n2)c(C)c1. The molecule has 23 heavy (non-hydrogen) atoms. The van der Waals surface area contributed by atoms with E-state index in [1.165, 1.54) is 0 Å². The highest BCUT2D eigenvalue weighted by molar-refractivity contribution is 7.89. The van der Waals surface area contributed by atoms with Crippen LogP contribution in [-0.4, -0.2) is 32.5 Å². The number of aryl methyl sites for hydroxylation is 3. The minimum Gasteiger partial charge on any atom is -0.363 e. The fourth-order valence-corrected chi connectivity index (χ4v) is 3.46. The van der Waals surface area contributed by atoms with E-state index in [1.807, 2.05) is 45.0 Å². The summed E-state index contributed by atoms with van der Waals surface area (Å²) in [6, 6.07) is 7.11. The van der Waals surface area contributed by atoms with Crippen molar-refractivity contribution in [2.24, 2.45) is 0 Å². The summed E-state index contributed by atoms with van der Waals surface area (Å²) in [5.74, 6) is 1.19. The lowest BCUT2D eigenvalue weighted by molar-refractivity contribution is 0.578. The standard InChI is InChI=1S/C16H22N4O2S/c1-11-6-7-14(12(2)8-11)23(21,22)17-10-15-18-13(3)9-16(19-15)20(4)5/h6-9,17H,10H2,1-5H3. The molecule has 0 aliphatic heterocycles. The highest BCUT2D eigenvalue weighted by atomic mass is 32.2. The highest BCUT2D eigenvalue weighted by Gasteiger charge is 2.17. The van der Waals surface area contributed by atoms with Crippen LogP contribution in [0.5, 0.6) is 0 Å². The quantitative estimate of drug-likeness (QED) is 0.904. The average Bonchev–Trinajstić information content (AvgIpc) is 2.44. The Bertz CT molecular complexity index is 817. The second-order valence-corrected chi connectivity index (χ2v) is 7.51. The fraction of sp³-hybridized carbons (Fsp3) is 0.375. The predicted octanol–water partition coefficient (Wildman–Crippen LogP) is 1.95. The summed E-state index contributed by atoms with van der Waals surface area (Å²) in [5, 5.41) is 0. The van der Waals surface area contributed by atoms with E-state index in [2.05, 4.69) is 14.7 Å². The molecule has 0 aliphatic carbocycles. The van der Waals surface area contributed by atoms with Gasteiger partial charge in [0.25, 0.3) is 0 Å². The third kappa shape index (κ3) is 4.27. The zero-order chi connectivity index (χ0) is 17.2. The average molecular weight is 334 g/mol. The van der Waals surface area contributed by atoms with Crippen LogP contribution < -0.4 is 9.62 Å². The van der Waals surface area contributed by atoms with Crippen LogP contribution in [0.25, 0.3) is 0 Å². The van der Waals surface area contributed by atoms with E-state index in [4.69, 9.17) is 0 Å². The van der Waals surface area contributed by atoms with E-state index in [0.29, 0.717) is 5.82 Å². The topological polar surface area (TPSA) is 75.2 Å². The summed E-state index contributed by atoms with van der Waals surface area (Å²) in [6.07, 6.45) is 0. The molecule has 0 unspecified atom stereocenters. The van der Waals surface area contributed by atoms with Crippen molar-refractivity contribution in [3.8, 4) is 0 Å². The third-order valence-electron chi connectivity index (χ3n) is 3.39. The Labute approximate surface area is 137 Å². The first-order valence-corrected chi connectivity index (χ1v) is 8.76. The predicted molar refractivity (Wildman–Crippen MR) is 91.0 cm³/mol. The van der Waals surface area contributed by atoms with Gasteiger partial charge in [-0.15, -0.1) is 0 Å². The minimum atomic E-state index is -3.60. The van der Waals surface area contributed by atoms with Crippen LogP contribution in [0.2, 0.25) is 0 Å². The van der Waals surface area contributed by atoms with Crippen LogP contribution in [0.4, 0.5) is 5.82 Å². The number of nitrogens with one attached hydrogen (secondary N) is 1. The van der Waals surface area contributed by atoms with Gasteiger partial charge in [0.15, 0.2) is 0 Å². The first-order valence-electron chi connectivity index (χ1n) is 7.28. The van der Waals surface area contributed by atoms with Gasteiger partial charge in [-0.2, -0.15) is 0 Å². The number of sulfonamides is 1. The number of nitrogens with zero attached hydrogens (tertiary/aromatic N) is 3. The summed E-state index contributed by atoms with van der Waals surface area (Å²) >= 11 is 0. The molecule has 6 nitrogen and oxygen atoms in total. The van der Waals surface area contributed by atoms with Gasteiger partial charge in [-0.1, -0.05) is 17.7 Å². The zero-order valence-electron chi connectivity index (χ0n) is 14.1. The van der Waals surface area contributed by atoms with Gasteiger partial charge in [0.05, 0.1) is 11.4 Å². The first-order chi connectivity index (χ1) is 10.7. The largest absolute Gasteiger partial charge is 0.363 e. The molecule has 2 rings (SSSR count). The van der Waals surface area contributed by atoms with Crippen molar-refractivity contribution in [2.75, 3.05) is 19.0 Å². The molecule has 0 atom stereocenters. The molecule has 0 bridgehead atoms. The Morgan fingerprint density at radius 2 is 1.78 bits per heavy atom. The van der Waals surface area contributed by atoms with Gasteiger partial charge in [0.2, 0.25) is 10.0 Å². The number of hydrogen-bond acceptors (Lipinski definition) is 5. The lowest BCUT2D eigenvalue weighted by Crippen LogP contribution is -2.25. The van der Waals surface area contributed by atoms with Crippen LogP contribution in [0, 0.1) is 20.8 Å². The van der Waals surface area contributed by atoms with Gasteiger partial charge in [-0.25, -0.2) is 23.1 Å². The molecular weight excluding hydrogens is 312 g/mol. The summed E-state index contributed by atoms with van der Waals surface area (Å²) in [7, 11) is 0.165. The molecule has 1 aromatic heterocycles. The van der Waals surface area contributed by atoms with Gasteiger partial charge in [0.1, 0.15) is 11.6 Å². The van der Waals surface area contributed by atoms with Crippen molar-refractivity contribution in [3.63, 3.8) is 0 Å². The Morgan fingerprint density at radius 3 is 2.39 bits per heavy atom. The van der Waals surface area contributed by atoms with Gasteiger partial charge in [-0.05, 0) is 32.4 Å². The van der Waals surface area contributed by atoms with Crippen LogP contribution in [0.3, 0.4) is 0 Å². The number of anilines is 1. The van der Waals surface area contributed by atoms with E-state index in [9.17, 15) is 8.42 Å². The molecule has 124 valence electrons. The molecule has 2 aromatic rings. The molecule has 0 saturated heterocycles. The van der Waals surface area contributed by atoms with Crippen molar-refractivity contribution in [1.29, 1.82) is 0 Å². The number of aromatic nitrogens is 2. The molecule has 0 saturated carbocycles. The molecule has 0 radical (unpaired) electrons. The Balaban J connectivity index is 2.22. The summed E-state index contributed by atoms with van der Waals surface area (Å²) < 4.78 is 27.5. The lowest BCUT2D eigenvalue weighted by Gasteiger charge is -2.14. The van der Waals surface area contributed by atoms with Gasteiger partial charge >= 0.3 is 0 Å². The second-order valence-electron chi connectivity index (χ2n) is 5.77. The summed E-state index contributed by atoms with van der Waals surface area (Å²) in [6.45, 7) is 5.63. The van der Waals surface area contributed by atoms with Crippen molar-refractivity contribution in [3.05, 3.63) is 46.9 Å². The Hall–Kier alpha value is -1.99. The maximum atomic E-state index is 12.5. The molecule has 0 spiro atoms. The first kappa shape index (κ1) is 17.4. The normalized spacial score (nSPS) is 11.5. The number of hydrogen-bond donors (Lipinski definition) is 1. The Morgan fingerprint density at radius 1 is 1.09 bits per heavy atom. The fourth-order valence-electron chi connectivity index (χ4n) is 2.26. The molecular formula is C16H22N4O2S. The van der Waals surface area contributed by atoms with Crippen LogP contribution in [0.1, 0.15) is 22.6 Å². The van der Waals surface area contributed by atoms with Gasteiger partial charge in [-0.3, -0.25) is 0 Å². The van der Waals surface area contributed by atoms with E-state index in [0.717, 1.165) is 22.6 Å². The third-order valence-corrected chi connectivity index (χ3v) is 4.95. The lowest BCUT2D eigenvalue weighted by atomic mass is 10.2. The van der Waals surface area contributed by atoms with E-state index < -0.39 is 10.0 Å². The highest BCUT2D eigenvalue weighted by Crippen LogP contribution is 2.17. The van der Waals surface area contributed by atoms with E-state index in [1.54, 1.807) is 19.1 Å². The molecule has 0 fully saturated rings. The minimum absolute atomic E-state index is 0.0537. The maximum Gasteiger partial charge on any atom is 0.241 e. The van der Waals surface area contributed by atoms with Crippen molar-refractivity contribution in [1.82, 2.24) is 14.7 Å². The molecule has 0 amide bonds. The summed E-state index contributed by atoms with van der Waals surface area (Å²) in [5.41, 5.74) is 2.54. The second kappa shape index (κ2) is 6.64. The number of benzene rings is 1. The molecule has 1 heterocycles. The van der Waals surface area contributed by atoms with Gasteiger partial charge in [0, 0.05) is 25.9 Å².